The van der Waals surface area contributed by atoms with E-state index in [0.717, 1.165) is 18.3 Å². The second kappa shape index (κ2) is 7.28. The lowest BCUT2D eigenvalue weighted by atomic mass is 9.83. The third-order valence-electron chi connectivity index (χ3n) is 5.22. The fraction of sp³-hybridized carbons (Fsp3) is 0.300. The Hall–Kier alpha value is -3.14. The number of nitrogens with one attached hydrogen (secondary N) is 1. The number of aromatic nitrogens is 2. The molecule has 6 nitrogen and oxygen atoms in total. The van der Waals surface area contributed by atoms with Crippen molar-refractivity contribution in [3.63, 3.8) is 0 Å². The Morgan fingerprint density at radius 2 is 1.83 bits per heavy atom. The summed E-state index contributed by atoms with van der Waals surface area (Å²) >= 11 is 0. The fourth-order valence-corrected chi connectivity index (χ4v) is 3.77. The van der Waals surface area contributed by atoms with Crippen LogP contribution in [0.2, 0.25) is 0 Å². The zero-order valence-corrected chi connectivity index (χ0v) is 15.5. The lowest BCUT2D eigenvalue weighted by Crippen LogP contribution is -2.45. The first kappa shape index (κ1) is 20.1. The van der Waals surface area contributed by atoms with Gasteiger partial charge in [0.05, 0.1) is 11.8 Å². The predicted octanol–water partition coefficient (Wildman–Crippen LogP) is 3.72. The second-order valence-corrected chi connectivity index (χ2v) is 7.12. The Labute approximate surface area is 168 Å². The van der Waals surface area contributed by atoms with Crippen molar-refractivity contribution in [2.24, 2.45) is 0 Å². The topological polar surface area (TPSA) is 78.4 Å². The molecule has 3 aromatic rings. The van der Waals surface area contributed by atoms with Gasteiger partial charge < -0.3 is 19.7 Å². The van der Waals surface area contributed by atoms with Crippen LogP contribution in [0.15, 0.2) is 42.7 Å². The first-order chi connectivity index (χ1) is 14.2. The first-order valence-electron chi connectivity index (χ1n) is 9.16. The van der Waals surface area contributed by atoms with Crippen LogP contribution in [0, 0.1) is 5.82 Å². The van der Waals surface area contributed by atoms with E-state index in [-0.39, 0.29) is 37.1 Å². The molecule has 1 aliphatic rings. The average Bonchev–Trinajstić information content (AvgIpc) is 3.15. The van der Waals surface area contributed by atoms with E-state index in [0.29, 0.717) is 11.0 Å². The highest BCUT2D eigenvalue weighted by Crippen LogP contribution is 2.38. The number of benzene rings is 1. The highest BCUT2D eigenvalue weighted by atomic mass is 19.4. The largest absolute Gasteiger partial charge is 0.573 e. The van der Waals surface area contributed by atoms with Crippen molar-refractivity contribution < 1.29 is 32.2 Å². The maximum Gasteiger partial charge on any atom is 0.573 e. The normalized spacial score (nSPS) is 16.6. The van der Waals surface area contributed by atoms with Crippen LogP contribution >= 0.6 is 0 Å². The molecule has 1 amide bonds. The van der Waals surface area contributed by atoms with Gasteiger partial charge in [0, 0.05) is 35.8 Å². The highest BCUT2D eigenvalue weighted by Gasteiger charge is 2.39. The molecule has 0 saturated carbocycles. The molecule has 3 heterocycles. The zero-order valence-electron chi connectivity index (χ0n) is 15.5. The van der Waals surface area contributed by atoms with Gasteiger partial charge in [0.1, 0.15) is 17.2 Å². The number of halogens is 4. The number of hydrogen-bond donors (Lipinski definition) is 2. The molecule has 0 spiro atoms. The minimum absolute atomic E-state index is 0.106. The molecule has 1 aliphatic heterocycles. The van der Waals surface area contributed by atoms with Crippen molar-refractivity contribution in [3.05, 3.63) is 59.7 Å². The molecule has 0 bridgehead atoms. The number of nitrogens with zero attached hydrogens (tertiary/aromatic N) is 2. The van der Waals surface area contributed by atoms with Crippen LogP contribution in [-0.2, 0) is 5.60 Å². The van der Waals surface area contributed by atoms with Gasteiger partial charge in [0.2, 0.25) is 0 Å². The molecular formula is C20H17F4N3O3. The van der Waals surface area contributed by atoms with E-state index < -0.39 is 29.4 Å². The molecule has 2 N–H and O–H groups in total. The Bertz CT molecular complexity index is 1070. The Balaban J connectivity index is 1.48. The SMILES string of the molecule is O=C(c1ccc(OC(F)(F)F)cc1)N1CCC(O)(c2c(F)cnc3[nH]ccc23)CC1. The van der Waals surface area contributed by atoms with E-state index in [9.17, 15) is 27.5 Å². The number of piperidine rings is 1. The van der Waals surface area contributed by atoms with Gasteiger partial charge in [-0.25, -0.2) is 9.37 Å². The minimum Gasteiger partial charge on any atom is -0.406 e. The number of pyridine rings is 1. The molecule has 0 radical (unpaired) electrons. The van der Waals surface area contributed by atoms with E-state index in [2.05, 4.69) is 14.7 Å². The number of amides is 1. The predicted molar refractivity (Wildman–Crippen MR) is 98.2 cm³/mol. The number of ether oxygens (including phenoxy) is 1. The number of rotatable bonds is 3. The monoisotopic (exact) mass is 423 g/mol. The molecule has 1 saturated heterocycles. The van der Waals surface area contributed by atoms with Crippen LogP contribution < -0.4 is 4.74 Å². The summed E-state index contributed by atoms with van der Waals surface area (Å²) in [6.07, 6.45) is -1.94. The molecule has 1 fully saturated rings. The summed E-state index contributed by atoms with van der Waals surface area (Å²) in [5.74, 6) is -1.43. The van der Waals surface area contributed by atoms with Crippen LogP contribution in [0.4, 0.5) is 17.6 Å². The maximum atomic E-state index is 14.5. The smallest absolute Gasteiger partial charge is 0.406 e. The van der Waals surface area contributed by atoms with Crippen LogP contribution in [0.5, 0.6) is 5.75 Å². The van der Waals surface area contributed by atoms with E-state index in [1.165, 1.54) is 17.0 Å². The van der Waals surface area contributed by atoms with Crippen LogP contribution in [0.1, 0.15) is 28.8 Å². The summed E-state index contributed by atoms with van der Waals surface area (Å²) in [5.41, 5.74) is -0.665. The number of aliphatic hydroxyl groups is 1. The lowest BCUT2D eigenvalue weighted by molar-refractivity contribution is -0.274. The third-order valence-corrected chi connectivity index (χ3v) is 5.22. The number of fused-ring (bicyclic) bond motifs is 1. The second-order valence-electron chi connectivity index (χ2n) is 7.12. The summed E-state index contributed by atoms with van der Waals surface area (Å²) in [7, 11) is 0. The number of aromatic amines is 1. The van der Waals surface area contributed by atoms with Crippen LogP contribution in [-0.4, -0.2) is 45.3 Å². The standard InChI is InChI=1S/C20H17F4N3O3/c21-15-11-26-17-14(5-8-25-17)16(15)19(29)6-9-27(10-7-19)18(28)12-1-3-13(4-2-12)30-20(22,23)24/h1-5,8,11,29H,6-7,9-10H2,(H,25,26). The Kier molecular flexibility index (Phi) is 4.89. The van der Waals surface area contributed by atoms with Crippen LogP contribution in [0.25, 0.3) is 11.0 Å². The van der Waals surface area contributed by atoms with Gasteiger partial charge >= 0.3 is 6.36 Å². The van der Waals surface area contributed by atoms with E-state index in [1.54, 1.807) is 12.3 Å². The molecule has 30 heavy (non-hydrogen) atoms. The van der Waals surface area contributed by atoms with Gasteiger partial charge in [-0.3, -0.25) is 4.79 Å². The maximum absolute atomic E-state index is 14.5. The summed E-state index contributed by atoms with van der Waals surface area (Å²) in [4.78, 5) is 21.0. The van der Waals surface area contributed by atoms with E-state index in [4.69, 9.17) is 0 Å². The number of carbonyl (C=O) groups is 1. The zero-order chi connectivity index (χ0) is 21.5. The van der Waals surface area contributed by atoms with Gasteiger partial charge in [0.25, 0.3) is 5.91 Å². The summed E-state index contributed by atoms with van der Waals surface area (Å²) in [6.45, 7) is 0.313. The number of alkyl halides is 3. The van der Waals surface area contributed by atoms with E-state index >= 15 is 0 Å². The van der Waals surface area contributed by atoms with Gasteiger partial charge in [-0.2, -0.15) is 0 Å². The minimum atomic E-state index is -4.81. The molecule has 1 aromatic carbocycles. The molecule has 158 valence electrons. The quantitative estimate of drug-likeness (QED) is 0.630. The molecule has 10 heteroatoms. The Morgan fingerprint density at radius 3 is 2.47 bits per heavy atom. The first-order valence-corrected chi connectivity index (χ1v) is 9.16. The molecule has 0 unspecified atom stereocenters. The summed E-state index contributed by atoms with van der Waals surface area (Å²) in [5, 5.41) is 11.6. The van der Waals surface area contributed by atoms with Crippen molar-refractivity contribution in [1.82, 2.24) is 14.9 Å². The number of hydrogen-bond acceptors (Lipinski definition) is 4. The average molecular weight is 423 g/mol. The van der Waals surface area contributed by atoms with Crippen molar-refractivity contribution in [1.29, 1.82) is 0 Å². The number of likely N-dealkylation sites (tertiary alicyclic amines) is 1. The van der Waals surface area contributed by atoms with Crippen molar-refractivity contribution in [2.75, 3.05) is 13.1 Å². The number of carbonyl (C=O) groups excluding carboxylic acids is 1. The third kappa shape index (κ3) is 3.82. The molecule has 0 atom stereocenters. The Morgan fingerprint density at radius 1 is 1.17 bits per heavy atom. The van der Waals surface area contributed by atoms with E-state index in [1.807, 2.05) is 0 Å². The lowest BCUT2D eigenvalue weighted by Gasteiger charge is -2.39. The van der Waals surface area contributed by atoms with Crippen molar-refractivity contribution in [2.45, 2.75) is 24.8 Å². The fourth-order valence-electron chi connectivity index (χ4n) is 3.77. The van der Waals surface area contributed by atoms with Crippen molar-refractivity contribution >= 4 is 16.9 Å². The van der Waals surface area contributed by atoms with Crippen molar-refractivity contribution in [3.8, 4) is 5.75 Å². The molecular weight excluding hydrogens is 406 g/mol. The van der Waals surface area contributed by atoms with Crippen LogP contribution in [0.3, 0.4) is 0 Å². The van der Waals surface area contributed by atoms with Gasteiger partial charge in [-0.1, -0.05) is 0 Å². The molecule has 0 aliphatic carbocycles. The van der Waals surface area contributed by atoms with Gasteiger partial charge in [-0.05, 0) is 43.2 Å². The van der Waals surface area contributed by atoms with Gasteiger partial charge in [0.15, 0.2) is 0 Å². The molecule has 2 aromatic heterocycles. The highest BCUT2D eigenvalue weighted by molar-refractivity contribution is 5.94. The van der Waals surface area contributed by atoms with Gasteiger partial charge in [-0.15, -0.1) is 13.2 Å². The molecule has 4 rings (SSSR count). The summed E-state index contributed by atoms with van der Waals surface area (Å²) < 4.78 is 55.1. The summed E-state index contributed by atoms with van der Waals surface area (Å²) in [6, 6.07) is 6.26. The number of H-pyrrole nitrogens is 1.